The number of rotatable bonds is 4. The topological polar surface area (TPSA) is 67.4 Å². The maximum atomic E-state index is 11.4. The summed E-state index contributed by atoms with van der Waals surface area (Å²) in [5.74, 6) is -1.24. The molecule has 0 radical (unpaired) electrons. The van der Waals surface area contributed by atoms with Crippen molar-refractivity contribution >= 4 is 63.7 Å². The summed E-state index contributed by atoms with van der Waals surface area (Å²) >= 11 is 17.4. The fourth-order valence-corrected chi connectivity index (χ4v) is 1.91. The Balaban J connectivity index is 2.71. The van der Waals surface area contributed by atoms with Crippen LogP contribution in [-0.2, 0) is 9.53 Å². The van der Waals surface area contributed by atoms with E-state index in [0.29, 0.717) is 10.6 Å². The number of hydrogen-bond acceptors (Lipinski definition) is 5. The molecule has 0 atom stereocenters. The summed E-state index contributed by atoms with van der Waals surface area (Å²) in [6.07, 6.45) is 0. The zero-order valence-corrected chi connectivity index (χ0v) is 12.0. The highest BCUT2D eigenvalue weighted by Gasteiger charge is 2.15. The third-order valence-electron chi connectivity index (χ3n) is 1.71. The van der Waals surface area contributed by atoms with Crippen LogP contribution < -0.4 is 10.9 Å². The minimum Gasteiger partial charge on any atom is -0.465 e. The molecule has 1 aromatic heterocycles. The molecule has 1 amide bonds. The first-order valence-corrected chi connectivity index (χ1v) is 6.41. The van der Waals surface area contributed by atoms with Crippen molar-refractivity contribution in [1.82, 2.24) is 5.43 Å². The smallest absolute Gasteiger partial charge is 0.350 e. The molecule has 1 heterocycles. The van der Waals surface area contributed by atoms with Crippen molar-refractivity contribution in [3.63, 3.8) is 0 Å². The first kappa shape index (κ1) is 15.1. The van der Waals surface area contributed by atoms with E-state index in [2.05, 4.69) is 15.6 Å². The maximum Gasteiger partial charge on any atom is 0.350 e. The molecule has 5 nitrogen and oxygen atoms in total. The number of halogens is 3. The van der Waals surface area contributed by atoms with Crippen molar-refractivity contribution in [2.24, 2.45) is 0 Å². The monoisotopic (exact) mass is 328 g/mol. The van der Waals surface area contributed by atoms with Gasteiger partial charge in [0.05, 0.1) is 12.8 Å². The van der Waals surface area contributed by atoms with E-state index in [1.165, 1.54) is 7.11 Å². The highest BCUT2D eigenvalue weighted by molar-refractivity contribution is 7.12. The van der Waals surface area contributed by atoms with Crippen molar-refractivity contribution in [3.05, 3.63) is 25.8 Å². The Kier molecular flexibility index (Phi) is 5.74. The van der Waals surface area contributed by atoms with Gasteiger partial charge in [0.15, 0.2) is 0 Å². The number of thiophene rings is 1. The van der Waals surface area contributed by atoms with Crippen LogP contribution in [0.25, 0.3) is 0 Å². The lowest BCUT2D eigenvalue weighted by Crippen LogP contribution is -2.30. The Hall–Kier alpha value is -0.950. The fourth-order valence-electron chi connectivity index (χ4n) is 0.923. The molecule has 0 fully saturated rings. The van der Waals surface area contributed by atoms with Gasteiger partial charge in [0.2, 0.25) is 0 Å². The van der Waals surface area contributed by atoms with Gasteiger partial charge < -0.3 is 4.74 Å². The van der Waals surface area contributed by atoms with Crippen LogP contribution in [0.1, 0.15) is 9.67 Å². The Morgan fingerprint density at radius 1 is 1.33 bits per heavy atom. The molecule has 0 aromatic carbocycles. The molecule has 0 spiro atoms. The van der Waals surface area contributed by atoms with Crippen molar-refractivity contribution < 1.29 is 14.3 Å². The quantitative estimate of drug-likeness (QED) is 0.506. The van der Waals surface area contributed by atoms with Gasteiger partial charge in [-0.3, -0.25) is 15.6 Å². The fraction of sp³-hybridized carbons (Fsp3) is 0.111. The molecule has 0 bridgehead atoms. The van der Waals surface area contributed by atoms with Crippen LogP contribution in [0.5, 0.6) is 0 Å². The zero-order valence-electron chi connectivity index (χ0n) is 8.92. The van der Waals surface area contributed by atoms with Crippen LogP contribution in [0.3, 0.4) is 0 Å². The summed E-state index contributed by atoms with van der Waals surface area (Å²) in [5, 5.41) is 1.30. The number of nitrogens with one attached hydrogen (secondary N) is 2. The molecule has 0 saturated carbocycles. The third kappa shape index (κ3) is 3.78. The predicted octanol–water partition coefficient (Wildman–Crippen LogP) is 2.86. The van der Waals surface area contributed by atoms with Crippen molar-refractivity contribution in [2.75, 3.05) is 12.5 Å². The van der Waals surface area contributed by atoms with Crippen molar-refractivity contribution in [3.8, 4) is 0 Å². The average Bonchev–Trinajstić information content (AvgIpc) is 2.82. The van der Waals surface area contributed by atoms with Gasteiger partial charge in [-0.25, -0.2) is 4.79 Å². The average molecular weight is 330 g/mol. The van der Waals surface area contributed by atoms with Gasteiger partial charge in [0.25, 0.3) is 5.91 Å². The summed E-state index contributed by atoms with van der Waals surface area (Å²) in [5.41, 5.74) is 5.14. The van der Waals surface area contributed by atoms with E-state index in [0.717, 1.165) is 11.3 Å². The summed E-state index contributed by atoms with van der Waals surface area (Å²) in [4.78, 5) is 23.0. The minimum atomic E-state index is -0.723. The van der Waals surface area contributed by atoms with Gasteiger partial charge in [-0.15, -0.1) is 11.3 Å². The first-order chi connectivity index (χ1) is 8.47. The SMILES string of the molecule is COC(=O)c1sccc1NNC(=O)C(Cl)=C(Cl)Cl. The number of methoxy groups -OCH3 is 1. The van der Waals surface area contributed by atoms with E-state index >= 15 is 0 Å². The second kappa shape index (κ2) is 6.84. The minimum absolute atomic E-state index is 0.315. The predicted molar refractivity (Wildman–Crippen MR) is 72.0 cm³/mol. The molecule has 1 aromatic rings. The maximum absolute atomic E-state index is 11.4. The molecule has 98 valence electrons. The van der Waals surface area contributed by atoms with E-state index in [9.17, 15) is 9.59 Å². The zero-order chi connectivity index (χ0) is 13.7. The van der Waals surface area contributed by atoms with Crippen molar-refractivity contribution in [1.29, 1.82) is 0 Å². The van der Waals surface area contributed by atoms with E-state index < -0.39 is 11.9 Å². The lowest BCUT2D eigenvalue weighted by Gasteiger charge is -2.07. The molecule has 9 heteroatoms. The van der Waals surface area contributed by atoms with Crippen molar-refractivity contribution in [2.45, 2.75) is 0 Å². The van der Waals surface area contributed by atoms with Crippen LogP contribution >= 0.6 is 46.1 Å². The Morgan fingerprint density at radius 3 is 2.56 bits per heavy atom. The standard InChI is InChI=1S/C9H7Cl3N2O3S/c1-17-9(16)6-4(2-3-18-6)13-14-8(15)5(10)7(11)12/h2-3,13H,1H3,(H,14,15). The molecule has 1 rings (SSSR count). The van der Waals surface area contributed by atoms with Gasteiger partial charge >= 0.3 is 5.97 Å². The number of ether oxygens (including phenoxy) is 1. The second-order valence-electron chi connectivity index (χ2n) is 2.81. The Labute approximate surface area is 122 Å². The largest absolute Gasteiger partial charge is 0.465 e. The molecule has 0 aliphatic rings. The highest BCUT2D eigenvalue weighted by atomic mass is 35.5. The Morgan fingerprint density at radius 2 is 2.00 bits per heavy atom. The van der Waals surface area contributed by atoms with Gasteiger partial charge in [-0.2, -0.15) is 0 Å². The Bertz CT molecular complexity index is 497. The van der Waals surface area contributed by atoms with Crippen LogP contribution in [0.4, 0.5) is 5.69 Å². The number of carbonyl (C=O) groups is 2. The molecular weight excluding hydrogens is 323 g/mol. The van der Waals surface area contributed by atoms with Gasteiger partial charge in [0.1, 0.15) is 14.4 Å². The van der Waals surface area contributed by atoms with E-state index in [4.69, 9.17) is 34.8 Å². The van der Waals surface area contributed by atoms with E-state index in [-0.39, 0.29) is 9.52 Å². The summed E-state index contributed by atoms with van der Waals surface area (Å²) in [6.45, 7) is 0. The lowest BCUT2D eigenvalue weighted by molar-refractivity contribution is -0.116. The van der Waals surface area contributed by atoms with Crippen LogP contribution in [0.2, 0.25) is 0 Å². The number of hydrogen-bond donors (Lipinski definition) is 2. The number of amides is 1. The summed E-state index contributed by atoms with van der Waals surface area (Å²) in [7, 11) is 1.26. The highest BCUT2D eigenvalue weighted by Crippen LogP contribution is 2.23. The molecule has 0 unspecified atom stereocenters. The summed E-state index contributed by atoms with van der Waals surface area (Å²) in [6, 6.07) is 1.59. The molecule has 18 heavy (non-hydrogen) atoms. The number of hydrazine groups is 1. The van der Waals surface area contributed by atoms with E-state index in [1.807, 2.05) is 0 Å². The lowest BCUT2D eigenvalue weighted by atomic mass is 10.4. The van der Waals surface area contributed by atoms with Crippen LogP contribution in [0, 0.1) is 0 Å². The second-order valence-corrected chi connectivity index (χ2v) is 5.05. The molecule has 2 N–H and O–H groups in total. The van der Waals surface area contributed by atoms with E-state index in [1.54, 1.807) is 11.4 Å². The summed E-state index contributed by atoms with van der Waals surface area (Å²) < 4.78 is 4.22. The molecular formula is C9H7Cl3N2O3S. The van der Waals surface area contributed by atoms with Gasteiger partial charge in [0, 0.05) is 0 Å². The third-order valence-corrected chi connectivity index (χ3v) is 3.54. The molecule has 0 aliphatic carbocycles. The number of esters is 1. The first-order valence-electron chi connectivity index (χ1n) is 4.40. The van der Waals surface area contributed by atoms with Gasteiger partial charge in [-0.1, -0.05) is 34.8 Å². The van der Waals surface area contributed by atoms with Crippen LogP contribution in [0.15, 0.2) is 21.0 Å². The number of carbonyl (C=O) groups excluding carboxylic acids is 2. The molecule has 0 aliphatic heterocycles. The molecule has 0 saturated heterocycles. The number of anilines is 1. The normalized spacial score (nSPS) is 9.56. The van der Waals surface area contributed by atoms with Gasteiger partial charge in [-0.05, 0) is 11.4 Å². The van der Waals surface area contributed by atoms with Crippen LogP contribution in [-0.4, -0.2) is 19.0 Å².